The highest BCUT2D eigenvalue weighted by atomic mass is 16.1. The molecule has 0 saturated carbocycles. The largest absolute Gasteiger partial charge is 0.335 e. The number of hydrogen-bond acceptors (Lipinski definition) is 3. The maximum Gasteiger partial charge on any atom is 0.225 e. The number of carbonyl (C=O) groups excluding carboxylic acids is 1. The number of nitrogens with zero attached hydrogens (tertiary/aromatic N) is 2. The first kappa shape index (κ1) is 8.27. The molecule has 5 nitrogen and oxygen atoms in total. The molecule has 1 rings (SSSR count). The standard InChI is InChI=1S/C7H8N4O/c1-2-6(12)11-7-5(3-8)9-4-10-7/h4H,2H2,1H3,(H,9,10)(H,11,12). The van der Waals surface area contributed by atoms with Gasteiger partial charge >= 0.3 is 0 Å². The van der Waals surface area contributed by atoms with Gasteiger partial charge in [0.05, 0.1) is 6.33 Å². The zero-order valence-electron chi connectivity index (χ0n) is 6.59. The molecule has 12 heavy (non-hydrogen) atoms. The second kappa shape index (κ2) is 3.53. The minimum absolute atomic E-state index is 0.154. The van der Waals surface area contributed by atoms with E-state index >= 15 is 0 Å². The van der Waals surface area contributed by atoms with Gasteiger partial charge in [0.25, 0.3) is 0 Å². The van der Waals surface area contributed by atoms with Crippen molar-refractivity contribution in [2.75, 3.05) is 5.32 Å². The van der Waals surface area contributed by atoms with Crippen LogP contribution in [0.1, 0.15) is 19.0 Å². The zero-order valence-corrected chi connectivity index (χ0v) is 6.59. The van der Waals surface area contributed by atoms with Crippen LogP contribution in [0.3, 0.4) is 0 Å². The lowest BCUT2D eigenvalue weighted by atomic mass is 10.4. The first-order valence-electron chi connectivity index (χ1n) is 3.51. The summed E-state index contributed by atoms with van der Waals surface area (Å²) < 4.78 is 0. The number of nitriles is 1. The first-order chi connectivity index (χ1) is 5.77. The molecule has 0 bridgehead atoms. The second-order valence-electron chi connectivity index (χ2n) is 2.14. The summed E-state index contributed by atoms with van der Waals surface area (Å²) in [6.07, 6.45) is 1.74. The van der Waals surface area contributed by atoms with E-state index in [9.17, 15) is 4.79 Å². The van der Waals surface area contributed by atoms with Crippen LogP contribution >= 0.6 is 0 Å². The maximum atomic E-state index is 10.9. The summed E-state index contributed by atoms with van der Waals surface area (Å²) in [7, 11) is 0. The lowest BCUT2D eigenvalue weighted by molar-refractivity contribution is -0.115. The van der Waals surface area contributed by atoms with Gasteiger partial charge in [0, 0.05) is 6.42 Å². The Kier molecular flexibility index (Phi) is 2.43. The van der Waals surface area contributed by atoms with E-state index in [0.717, 1.165) is 0 Å². The third-order valence-electron chi connectivity index (χ3n) is 1.33. The smallest absolute Gasteiger partial charge is 0.225 e. The molecule has 0 aliphatic rings. The summed E-state index contributed by atoms with van der Waals surface area (Å²) in [6.45, 7) is 1.73. The fourth-order valence-corrected chi connectivity index (χ4v) is 0.695. The average molecular weight is 164 g/mol. The second-order valence-corrected chi connectivity index (χ2v) is 2.14. The molecule has 0 spiro atoms. The molecule has 0 unspecified atom stereocenters. The van der Waals surface area contributed by atoms with Crippen LogP contribution < -0.4 is 5.32 Å². The van der Waals surface area contributed by atoms with Crippen molar-refractivity contribution < 1.29 is 4.79 Å². The molecule has 1 aromatic heterocycles. The van der Waals surface area contributed by atoms with E-state index in [4.69, 9.17) is 5.26 Å². The highest BCUT2D eigenvalue weighted by Crippen LogP contribution is 2.07. The third-order valence-corrected chi connectivity index (χ3v) is 1.33. The molecule has 0 atom stereocenters. The normalized spacial score (nSPS) is 9.00. The summed E-state index contributed by atoms with van der Waals surface area (Å²) in [6, 6.07) is 1.87. The first-order valence-corrected chi connectivity index (χ1v) is 3.51. The molecule has 5 heteroatoms. The summed E-state index contributed by atoms with van der Waals surface area (Å²) in [5.74, 6) is 0.142. The fourth-order valence-electron chi connectivity index (χ4n) is 0.695. The predicted octanol–water partition coefficient (Wildman–Crippen LogP) is 0.630. The number of H-pyrrole nitrogens is 1. The van der Waals surface area contributed by atoms with E-state index in [1.807, 2.05) is 6.07 Å². The van der Waals surface area contributed by atoms with E-state index in [-0.39, 0.29) is 11.6 Å². The lowest BCUT2D eigenvalue weighted by Gasteiger charge is -1.97. The van der Waals surface area contributed by atoms with Crippen LogP contribution in [0.25, 0.3) is 0 Å². The molecule has 1 aromatic rings. The van der Waals surface area contributed by atoms with Crippen molar-refractivity contribution in [3.8, 4) is 6.07 Å². The van der Waals surface area contributed by atoms with Gasteiger partial charge in [-0.15, -0.1) is 0 Å². The number of imidazole rings is 1. The van der Waals surface area contributed by atoms with Crippen LogP contribution in [0.4, 0.5) is 5.82 Å². The lowest BCUT2D eigenvalue weighted by Crippen LogP contribution is -2.10. The Labute approximate surface area is 69.4 Å². The van der Waals surface area contributed by atoms with E-state index in [1.165, 1.54) is 6.33 Å². The van der Waals surface area contributed by atoms with Crippen molar-refractivity contribution in [2.45, 2.75) is 13.3 Å². The van der Waals surface area contributed by atoms with Gasteiger partial charge < -0.3 is 10.3 Å². The van der Waals surface area contributed by atoms with Gasteiger partial charge in [-0.05, 0) is 0 Å². The summed E-state index contributed by atoms with van der Waals surface area (Å²) in [5.41, 5.74) is 0.275. The Hall–Kier alpha value is -1.83. The quantitative estimate of drug-likeness (QED) is 0.672. The number of amides is 1. The molecule has 1 heterocycles. The van der Waals surface area contributed by atoms with Crippen molar-refractivity contribution >= 4 is 11.7 Å². The third kappa shape index (κ3) is 1.61. The van der Waals surface area contributed by atoms with Crippen LogP contribution in [-0.2, 0) is 4.79 Å². The minimum atomic E-state index is -0.154. The average Bonchev–Trinajstić information content (AvgIpc) is 2.51. The SMILES string of the molecule is CCC(=O)Nc1nc[nH]c1C#N. The van der Waals surface area contributed by atoms with Crippen LogP contribution in [0.15, 0.2) is 6.33 Å². The van der Waals surface area contributed by atoms with Crippen LogP contribution in [0, 0.1) is 11.3 Å². The minimum Gasteiger partial charge on any atom is -0.335 e. The molecule has 62 valence electrons. The maximum absolute atomic E-state index is 10.9. The molecular formula is C7H8N4O. The summed E-state index contributed by atoms with van der Waals surface area (Å²) in [5, 5.41) is 11.0. The highest BCUT2D eigenvalue weighted by Gasteiger charge is 2.06. The van der Waals surface area contributed by atoms with E-state index in [1.54, 1.807) is 6.92 Å². The number of aromatic amines is 1. The molecule has 0 aromatic carbocycles. The van der Waals surface area contributed by atoms with E-state index in [2.05, 4.69) is 15.3 Å². The van der Waals surface area contributed by atoms with Crippen molar-refractivity contribution in [1.29, 1.82) is 5.26 Å². The number of hydrogen-bond donors (Lipinski definition) is 2. The van der Waals surface area contributed by atoms with Crippen LogP contribution in [0.5, 0.6) is 0 Å². The van der Waals surface area contributed by atoms with Crippen molar-refractivity contribution in [3.05, 3.63) is 12.0 Å². The van der Waals surface area contributed by atoms with E-state index in [0.29, 0.717) is 12.2 Å². The Morgan fingerprint density at radius 1 is 1.92 bits per heavy atom. The van der Waals surface area contributed by atoms with Crippen molar-refractivity contribution in [3.63, 3.8) is 0 Å². The molecule has 0 aliphatic carbocycles. The number of rotatable bonds is 2. The molecule has 0 radical (unpaired) electrons. The van der Waals surface area contributed by atoms with Crippen molar-refractivity contribution in [1.82, 2.24) is 9.97 Å². The Balaban J connectivity index is 2.76. The number of aromatic nitrogens is 2. The monoisotopic (exact) mass is 164 g/mol. The van der Waals surface area contributed by atoms with Gasteiger partial charge in [0.15, 0.2) is 11.5 Å². The van der Waals surface area contributed by atoms with E-state index < -0.39 is 0 Å². The predicted molar refractivity (Wildman–Crippen MR) is 42.2 cm³/mol. The van der Waals surface area contributed by atoms with Crippen LogP contribution in [0.2, 0.25) is 0 Å². The number of carbonyl (C=O) groups is 1. The summed E-state index contributed by atoms with van der Waals surface area (Å²) >= 11 is 0. The van der Waals surface area contributed by atoms with Crippen molar-refractivity contribution in [2.24, 2.45) is 0 Å². The fraction of sp³-hybridized carbons (Fsp3) is 0.286. The topological polar surface area (TPSA) is 81.6 Å². The molecule has 1 amide bonds. The van der Waals surface area contributed by atoms with Crippen LogP contribution in [-0.4, -0.2) is 15.9 Å². The molecule has 0 saturated heterocycles. The molecular weight excluding hydrogens is 156 g/mol. The van der Waals surface area contributed by atoms with Gasteiger partial charge in [-0.3, -0.25) is 4.79 Å². The molecule has 0 aliphatic heterocycles. The Morgan fingerprint density at radius 2 is 2.67 bits per heavy atom. The molecule has 0 fully saturated rings. The zero-order chi connectivity index (χ0) is 8.97. The summed E-state index contributed by atoms with van der Waals surface area (Å²) in [4.78, 5) is 17.2. The Morgan fingerprint density at radius 3 is 3.25 bits per heavy atom. The van der Waals surface area contributed by atoms with Gasteiger partial charge in [-0.25, -0.2) is 4.98 Å². The van der Waals surface area contributed by atoms with Gasteiger partial charge in [0.2, 0.25) is 5.91 Å². The highest BCUT2D eigenvalue weighted by molar-refractivity contribution is 5.90. The van der Waals surface area contributed by atoms with Gasteiger partial charge in [-0.2, -0.15) is 5.26 Å². The Bertz CT molecular complexity index is 322. The van der Waals surface area contributed by atoms with Gasteiger partial charge in [0.1, 0.15) is 6.07 Å². The number of anilines is 1. The molecule has 2 N–H and O–H groups in total. The van der Waals surface area contributed by atoms with Gasteiger partial charge in [-0.1, -0.05) is 6.92 Å². The number of nitrogens with one attached hydrogen (secondary N) is 2.